The average molecular weight is 462 g/mol. The number of hydrogen-bond donors (Lipinski definition) is 0. The molecule has 2 aromatic rings. The van der Waals surface area contributed by atoms with Crippen LogP contribution in [0.5, 0.6) is 0 Å². The first-order valence-electron chi connectivity index (χ1n) is 9.76. The van der Waals surface area contributed by atoms with Crippen LogP contribution in [0.3, 0.4) is 0 Å². The second kappa shape index (κ2) is 7.05. The predicted molar refractivity (Wildman–Crippen MR) is 116 cm³/mol. The summed E-state index contributed by atoms with van der Waals surface area (Å²) in [6, 6.07) is 14.1. The Labute approximate surface area is 178 Å². The van der Waals surface area contributed by atoms with Crippen LogP contribution in [0, 0.1) is 0 Å². The maximum Gasteiger partial charge on any atom is 0.245 e. The number of amides is 1. The third-order valence-corrected chi connectivity index (χ3v) is 7.35. The molecule has 2 fully saturated rings. The summed E-state index contributed by atoms with van der Waals surface area (Å²) >= 11 is 9.63. The van der Waals surface area contributed by atoms with Crippen molar-refractivity contribution in [2.24, 2.45) is 0 Å². The Bertz CT molecular complexity index is 907. The van der Waals surface area contributed by atoms with Crippen LogP contribution in [0.1, 0.15) is 28.8 Å². The van der Waals surface area contributed by atoms with E-state index in [1.54, 1.807) is 0 Å². The lowest BCUT2D eigenvalue weighted by molar-refractivity contribution is -0.118. The Morgan fingerprint density at radius 3 is 2.50 bits per heavy atom. The van der Waals surface area contributed by atoms with Crippen LogP contribution in [-0.4, -0.2) is 38.8 Å². The third-order valence-electron chi connectivity index (χ3n) is 6.18. The number of halogens is 2. The summed E-state index contributed by atoms with van der Waals surface area (Å²) in [6.45, 7) is 4.07. The second-order valence-electron chi connectivity index (χ2n) is 7.92. The van der Waals surface area contributed by atoms with Gasteiger partial charge in [0.2, 0.25) is 5.91 Å². The monoisotopic (exact) mass is 460 g/mol. The van der Waals surface area contributed by atoms with Crippen molar-refractivity contribution in [2.75, 3.05) is 42.6 Å². The quantitative estimate of drug-likeness (QED) is 0.622. The number of carbonyl (C=O) groups excluding carboxylic acids is 1. The Morgan fingerprint density at radius 1 is 1.11 bits per heavy atom. The lowest BCUT2D eigenvalue weighted by Gasteiger charge is -2.30. The van der Waals surface area contributed by atoms with Crippen LogP contribution in [-0.2, 0) is 14.9 Å². The van der Waals surface area contributed by atoms with E-state index in [9.17, 15) is 4.79 Å². The fraction of sp³-hybridized carbons (Fsp3) is 0.409. The first-order valence-corrected chi connectivity index (χ1v) is 11.0. The lowest BCUT2D eigenvalue weighted by atomic mass is 9.98. The number of anilines is 2. The fourth-order valence-electron chi connectivity index (χ4n) is 4.37. The average Bonchev–Trinajstić information content (AvgIpc) is 3.45. The highest BCUT2D eigenvalue weighted by Gasteiger charge is 2.53. The second-order valence-corrected chi connectivity index (χ2v) is 9.27. The number of carbonyl (C=O) groups is 1. The Balaban J connectivity index is 1.46. The van der Waals surface area contributed by atoms with Crippen LogP contribution in [0.25, 0.3) is 0 Å². The van der Waals surface area contributed by atoms with E-state index in [2.05, 4.69) is 39.0 Å². The SMILES string of the molecule is O=C(C(Br)c1ccc(Cl)cc1)N1CC2(CC2)c2ccc(N3CCOCC3)cc21. The zero-order valence-corrected chi connectivity index (χ0v) is 17.9. The van der Waals surface area contributed by atoms with Gasteiger partial charge in [-0.05, 0) is 48.2 Å². The molecule has 1 atom stereocenters. The van der Waals surface area contributed by atoms with Gasteiger partial charge >= 0.3 is 0 Å². The van der Waals surface area contributed by atoms with Crippen molar-refractivity contribution >= 4 is 44.8 Å². The van der Waals surface area contributed by atoms with Crippen molar-refractivity contribution < 1.29 is 9.53 Å². The molecule has 6 heteroatoms. The molecule has 1 saturated heterocycles. The van der Waals surface area contributed by atoms with Crippen LogP contribution in [0.2, 0.25) is 5.02 Å². The van der Waals surface area contributed by atoms with E-state index >= 15 is 0 Å². The van der Waals surface area contributed by atoms with Crippen LogP contribution in [0.15, 0.2) is 42.5 Å². The number of rotatable bonds is 3. The molecule has 2 heterocycles. The zero-order chi connectivity index (χ0) is 19.3. The van der Waals surface area contributed by atoms with Gasteiger partial charge in [0.05, 0.1) is 13.2 Å². The van der Waals surface area contributed by atoms with E-state index in [-0.39, 0.29) is 16.1 Å². The molecule has 2 aliphatic heterocycles. The van der Waals surface area contributed by atoms with Gasteiger partial charge in [-0.3, -0.25) is 4.79 Å². The molecule has 1 unspecified atom stereocenters. The van der Waals surface area contributed by atoms with Gasteiger partial charge in [0.25, 0.3) is 0 Å². The summed E-state index contributed by atoms with van der Waals surface area (Å²) in [5, 5.41) is 0.675. The maximum atomic E-state index is 13.4. The maximum absolute atomic E-state index is 13.4. The van der Waals surface area contributed by atoms with E-state index in [1.807, 2.05) is 29.2 Å². The van der Waals surface area contributed by atoms with Gasteiger partial charge in [0, 0.05) is 41.4 Å². The number of alkyl halides is 1. The Morgan fingerprint density at radius 2 is 1.82 bits per heavy atom. The largest absolute Gasteiger partial charge is 0.378 e. The van der Waals surface area contributed by atoms with E-state index < -0.39 is 0 Å². The Hall–Kier alpha value is -1.56. The summed E-state index contributed by atoms with van der Waals surface area (Å²) < 4.78 is 5.48. The van der Waals surface area contributed by atoms with E-state index in [1.165, 1.54) is 11.3 Å². The van der Waals surface area contributed by atoms with Crippen molar-refractivity contribution in [1.29, 1.82) is 0 Å². The van der Waals surface area contributed by atoms with E-state index in [4.69, 9.17) is 16.3 Å². The normalized spacial score (nSPS) is 20.9. The summed E-state index contributed by atoms with van der Waals surface area (Å²) in [6.07, 6.45) is 2.32. The van der Waals surface area contributed by atoms with E-state index in [0.29, 0.717) is 5.02 Å². The minimum absolute atomic E-state index is 0.0893. The zero-order valence-electron chi connectivity index (χ0n) is 15.5. The molecule has 146 valence electrons. The summed E-state index contributed by atoms with van der Waals surface area (Å²) in [4.78, 5) is 17.4. The van der Waals surface area contributed by atoms with Crippen LogP contribution in [0.4, 0.5) is 11.4 Å². The number of fused-ring (bicyclic) bond motifs is 2. The standard InChI is InChI=1S/C22H22BrClN2O2/c23-20(15-1-3-16(24)4-2-15)21(27)26-14-22(7-8-22)18-6-5-17(13-19(18)26)25-9-11-28-12-10-25/h1-6,13,20H,7-12,14H2. The number of morpholine rings is 1. The molecule has 2 aromatic carbocycles. The molecule has 1 aliphatic carbocycles. The van der Waals surface area contributed by atoms with Crippen molar-refractivity contribution in [1.82, 2.24) is 0 Å². The number of hydrogen-bond acceptors (Lipinski definition) is 3. The summed E-state index contributed by atoms with van der Waals surface area (Å²) in [7, 11) is 0. The lowest BCUT2D eigenvalue weighted by Crippen LogP contribution is -2.36. The molecule has 1 amide bonds. The summed E-state index contributed by atoms with van der Waals surface area (Å²) in [5.41, 5.74) is 4.67. The molecule has 5 rings (SSSR count). The minimum atomic E-state index is -0.376. The van der Waals surface area contributed by atoms with Crippen LogP contribution < -0.4 is 9.80 Å². The number of ether oxygens (including phenoxy) is 1. The molecule has 1 saturated carbocycles. The van der Waals surface area contributed by atoms with Gasteiger partial charge in [0.15, 0.2) is 0 Å². The molecule has 3 aliphatic rings. The van der Waals surface area contributed by atoms with Gasteiger partial charge in [-0.2, -0.15) is 0 Å². The van der Waals surface area contributed by atoms with Gasteiger partial charge in [-0.25, -0.2) is 0 Å². The number of nitrogens with zero attached hydrogens (tertiary/aromatic N) is 2. The minimum Gasteiger partial charge on any atom is -0.378 e. The van der Waals surface area contributed by atoms with Gasteiger partial charge < -0.3 is 14.5 Å². The molecule has 0 N–H and O–H groups in total. The fourth-order valence-corrected chi connectivity index (χ4v) is 5.05. The molecule has 1 spiro atoms. The molecule has 28 heavy (non-hydrogen) atoms. The smallest absolute Gasteiger partial charge is 0.245 e. The van der Waals surface area contributed by atoms with Gasteiger partial charge in [-0.1, -0.05) is 45.7 Å². The first-order chi connectivity index (χ1) is 13.6. The highest BCUT2D eigenvalue weighted by molar-refractivity contribution is 9.09. The molecule has 0 aromatic heterocycles. The van der Waals surface area contributed by atoms with Crippen molar-refractivity contribution in [3.05, 3.63) is 58.6 Å². The molecular weight excluding hydrogens is 440 g/mol. The summed E-state index contributed by atoms with van der Waals surface area (Å²) in [5.74, 6) is 0.0893. The highest BCUT2D eigenvalue weighted by atomic mass is 79.9. The van der Waals surface area contributed by atoms with E-state index in [0.717, 1.165) is 56.9 Å². The molecule has 0 radical (unpaired) electrons. The Kier molecular flexibility index (Phi) is 4.65. The topological polar surface area (TPSA) is 32.8 Å². The van der Waals surface area contributed by atoms with Crippen LogP contribution >= 0.6 is 27.5 Å². The van der Waals surface area contributed by atoms with Gasteiger partial charge in [-0.15, -0.1) is 0 Å². The predicted octanol–water partition coefficient (Wildman–Crippen LogP) is 4.69. The molecule has 4 nitrogen and oxygen atoms in total. The molecular formula is C22H22BrClN2O2. The first kappa shape index (κ1) is 18.5. The third kappa shape index (κ3) is 3.14. The van der Waals surface area contributed by atoms with Crippen molar-refractivity contribution in [2.45, 2.75) is 23.1 Å². The highest BCUT2D eigenvalue weighted by Crippen LogP contribution is 2.57. The molecule has 0 bridgehead atoms. The number of benzene rings is 2. The van der Waals surface area contributed by atoms with Crippen molar-refractivity contribution in [3.63, 3.8) is 0 Å². The van der Waals surface area contributed by atoms with Gasteiger partial charge in [0.1, 0.15) is 4.83 Å². The van der Waals surface area contributed by atoms with Crippen molar-refractivity contribution in [3.8, 4) is 0 Å².